The molecule has 3 aromatic rings. The molecule has 218 valence electrons. The van der Waals surface area contributed by atoms with Gasteiger partial charge in [-0.1, -0.05) is 66.7 Å². The number of para-hydroxylation sites is 2. The van der Waals surface area contributed by atoms with Gasteiger partial charge >= 0.3 is 7.60 Å². The third kappa shape index (κ3) is 8.43. The number of nitrogens with two attached hydrogens (primary N) is 1. The number of carbonyl (C=O) groups is 2. The Morgan fingerprint density at radius 1 is 0.951 bits per heavy atom. The number of methoxy groups -OCH3 is 1. The van der Waals surface area contributed by atoms with Gasteiger partial charge in [-0.3, -0.25) is 9.59 Å². The third-order valence-corrected chi connectivity index (χ3v) is 9.00. The quantitative estimate of drug-likeness (QED) is 0.209. The van der Waals surface area contributed by atoms with Gasteiger partial charge in [0.1, 0.15) is 17.5 Å². The molecular formula is C31H38N3O6P. The standard InChI is InChI=1S/C31H38N3O6P/c1-38-22-12-20-29(41(37,39-25-15-7-3-8-16-25)40-26-17-9-4-10-18-26)33-30(35)28-19-11-21-34(28)31(36)27(32)23-24-13-5-2-6-14-24/h2-10,13-18,27-29H,11-12,19-23,32H2,1H3,(H,33,35)/t27-,28+,29?/m1/s1. The van der Waals surface area contributed by atoms with Crippen LogP contribution < -0.4 is 20.1 Å². The van der Waals surface area contributed by atoms with Crippen molar-refractivity contribution in [2.45, 2.75) is 50.0 Å². The van der Waals surface area contributed by atoms with Crippen LogP contribution in [0.15, 0.2) is 91.0 Å². The highest BCUT2D eigenvalue weighted by molar-refractivity contribution is 7.55. The van der Waals surface area contributed by atoms with Gasteiger partial charge in [0.05, 0.1) is 6.04 Å². The smallest absolute Gasteiger partial charge is 0.415 e. The second-order valence-corrected chi connectivity index (χ2v) is 12.1. The van der Waals surface area contributed by atoms with E-state index in [0.29, 0.717) is 50.3 Å². The van der Waals surface area contributed by atoms with Crippen molar-refractivity contribution in [1.29, 1.82) is 0 Å². The molecule has 0 bridgehead atoms. The molecule has 2 amide bonds. The molecule has 9 nitrogen and oxygen atoms in total. The molecule has 10 heteroatoms. The van der Waals surface area contributed by atoms with Crippen molar-refractivity contribution >= 4 is 19.4 Å². The summed E-state index contributed by atoms with van der Waals surface area (Å²) in [5.41, 5.74) is 7.24. The molecule has 41 heavy (non-hydrogen) atoms. The van der Waals surface area contributed by atoms with Crippen LogP contribution in [0.4, 0.5) is 0 Å². The van der Waals surface area contributed by atoms with E-state index in [4.69, 9.17) is 19.5 Å². The number of hydrogen-bond donors (Lipinski definition) is 2. The van der Waals surface area contributed by atoms with Gasteiger partial charge in [0, 0.05) is 20.3 Å². The van der Waals surface area contributed by atoms with Crippen LogP contribution in [0, 0.1) is 0 Å². The molecule has 0 spiro atoms. The Kier molecular flexibility index (Phi) is 11.0. The summed E-state index contributed by atoms with van der Waals surface area (Å²) in [5.74, 6) is -1.00. The van der Waals surface area contributed by atoms with E-state index in [1.54, 1.807) is 55.6 Å². The normalized spacial score (nSPS) is 16.5. The van der Waals surface area contributed by atoms with E-state index >= 15 is 0 Å². The van der Waals surface area contributed by atoms with E-state index in [2.05, 4.69) is 5.32 Å². The van der Waals surface area contributed by atoms with Gasteiger partial charge in [-0.05, 0) is 61.9 Å². The molecule has 4 rings (SSSR count). The molecule has 1 heterocycles. The van der Waals surface area contributed by atoms with Gasteiger partial charge < -0.3 is 29.7 Å². The summed E-state index contributed by atoms with van der Waals surface area (Å²) < 4.78 is 31.8. The van der Waals surface area contributed by atoms with Crippen molar-refractivity contribution in [2.24, 2.45) is 5.73 Å². The summed E-state index contributed by atoms with van der Waals surface area (Å²) >= 11 is 0. The van der Waals surface area contributed by atoms with Crippen LogP contribution >= 0.6 is 7.60 Å². The van der Waals surface area contributed by atoms with Gasteiger partial charge in [-0.25, -0.2) is 4.57 Å². The van der Waals surface area contributed by atoms with E-state index in [0.717, 1.165) is 5.56 Å². The molecule has 1 aliphatic heterocycles. The lowest BCUT2D eigenvalue weighted by Crippen LogP contribution is -2.53. The third-order valence-electron chi connectivity index (χ3n) is 6.92. The summed E-state index contributed by atoms with van der Waals surface area (Å²) in [5, 5.41) is 2.93. The molecule has 1 aliphatic rings. The molecular weight excluding hydrogens is 541 g/mol. The fourth-order valence-electron chi connectivity index (χ4n) is 4.86. The molecule has 0 aromatic heterocycles. The molecule has 0 radical (unpaired) electrons. The molecule has 3 atom stereocenters. The Hall–Kier alpha value is -3.65. The largest absolute Gasteiger partial charge is 0.452 e. The monoisotopic (exact) mass is 579 g/mol. The Bertz CT molecular complexity index is 1250. The van der Waals surface area contributed by atoms with Gasteiger partial charge in [0.2, 0.25) is 11.8 Å². The van der Waals surface area contributed by atoms with E-state index in [9.17, 15) is 14.2 Å². The maximum absolute atomic E-state index is 14.5. The lowest BCUT2D eigenvalue weighted by molar-refractivity contribution is -0.139. The van der Waals surface area contributed by atoms with Gasteiger partial charge in [-0.15, -0.1) is 0 Å². The van der Waals surface area contributed by atoms with Crippen LogP contribution in [0.5, 0.6) is 11.5 Å². The average molecular weight is 580 g/mol. The number of ether oxygens (including phenoxy) is 1. The zero-order chi connectivity index (χ0) is 29.1. The number of nitrogens with zero attached hydrogens (tertiary/aromatic N) is 1. The van der Waals surface area contributed by atoms with Crippen LogP contribution in [-0.2, 0) is 25.3 Å². The van der Waals surface area contributed by atoms with Crippen molar-refractivity contribution < 1.29 is 27.9 Å². The second kappa shape index (κ2) is 14.8. The predicted octanol–water partition coefficient (Wildman–Crippen LogP) is 4.77. The van der Waals surface area contributed by atoms with Gasteiger partial charge in [-0.2, -0.15) is 0 Å². The number of amides is 2. The maximum Gasteiger partial charge on any atom is 0.452 e. The van der Waals surface area contributed by atoms with Crippen molar-refractivity contribution in [2.75, 3.05) is 20.3 Å². The minimum atomic E-state index is -4.03. The van der Waals surface area contributed by atoms with Crippen LogP contribution in [0.2, 0.25) is 0 Å². The maximum atomic E-state index is 14.5. The van der Waals surface area contributed by atoms with Gasteiger partial charge in [0.25, 0.3) is 0 Å². The lowest BCUT2D eigenvalue weighted by atomic mass is 10.1. The number of benzene rings is 3. The number of rotatable bonds is 14. The van der Waals surface area contributed by atoms with Crippen LogP contribution in [0.25, 0.3) is 0 Å². The summed E-state index contributed by atoms with van der Waals surface area (Å²) in [6.45, 7) is 0.817. The highest BCUT2D eigenvalue weighted by Gasteiger charge is 2.43. The zero-order valence-electron chi connectivity index (χ0n) is 23.3. The first-order valence-electron chi connectivity index (χ1n) is 13.9. The minimum Gasteiger partial charge on any atom is -0.415 e. The lowest BCUT2D eigenvalue weighted by Gasteiger charge is -2.31. The Balaban J connectivity index is 1.55. The number of likely N-dealkylation sites (tertiary alicyclic amines) is 1. The van der Waals surface area contributed by atoms with E-state index in [1.807, 2.05) is 42.5 Å². The van der Waals surface area contributed by atoms with Crippen molar-refractivity contribution in [3.05, 3.63) is 96.6 Å². The first-order chi connectivity index (χ1) is 19.9. The van der Waals surface area contributed by atoms with Gasteiger partial charge in [0.15, 0.2) is 5.78 Å². The molecule has 0 aliphatic carbocycles. The topological polar surface area (TPSA) is 120 Å². The number of nitrogens with one attached hydrogen (secondary N) is 1. The Morgan fingerprint density at radius 3 is 2.07 bits per heavy atom. The van der Waals surface area contributed by atoms with Crippen LogP contribution in [-0.4, -0.2) is 54.8 Å². The fourth-order valence-corrected chi connectivity index (χ4v) is 6.77. The molecule has 3 N–H and O–H groups in total. The molecule has 0 saturated carbocycles. The SMILES string of the molecule is COCCCC(NC(=O)[C@@H]1CCCN1C(=O)[C@H](N)Cc1ccccc1)P(=O)(Oc1ccccc1)Oc1ccccc1. The highest BCUT2D eigenvalue weighted by atomic mass is 31.2. The molecule has 1 saturated heterocycles. The molecule has 3 aromatic carbocycles. The summed E-state index contributed by atoms with van der Waals surface area (Å²) in [4.78, 5) is 28.6. The average Bonchev–Trinajstić information content (AvgIpc) is 3.48. The highest BCUT2D eigenvalue weighted by Crippen LogP contribution is 2.53. The summed E-state index contributed by atoms with van der Waals surface area (Å²) in [7, 11) is -2.45. The summed E-state index contributed by atoms with van der Waals surface area (Å²) in [6.07, 6.45) is 2.27. The Labute approximate surface area is 241 Å². The van der Waals surface area contributed by atoms with E-state index in [-0.39, 0.29) is 12.3 Å². The fraction of sp³-hybridized carbons (Fsp3) is 0.355. The second-order valence-electron chi connectivity index (χ2n) is 9.99. The first kappa shape index (κ1) is 30.3. The zero-order valence-corrected chi connectivity index (χ0v) is 24.2. The van der Waals surface area contributed by atoms with Crippen molar-refractivity contribution in [1.82, 2.24) is 10.2 Å². The van der Waals surface area contributed by atoms with E-state index in [1.165, 1.54) is 4.90 Å². The minimum absolute atomic E-state index is 0.269. The molecule has 1 unspecified atom stereocenters. The first-order valence-corrected chi connectivity index (χ1v) is 15.5. The van der Waals surface area contributed by atoms with Crippen molar-refractivity contribution in [3.63, 3.8) is 0 Å². The van der Waals surface area contributed by atoms with E-state index < -0.39 is 31.4 Å². The van der Waals surface area contributed by atoms with Crippen molar-refractivity contribution in [3.8, 4) is 11.5 Å². The number of carbonyl (C=O) groups excluding carboxylic acids is 2. The van der Waals surface area contributed by atoms with Crippen LogP contribution in [0.3, 0.4) is 0 Å². The number of hydrogen-bond acceptors (Lipinski definition) is 7. The molecule has 1 fully saturated rings. The predicted molar refractivity (Wildman–Crippen MR) is 158 cm³/mol. The van der Waals surface area contributed by atoms with Crippen LogP contribution in [0.1, 0.15) is 31.2 Å². The summed E-state index contributed by atoms with van der Waals surface area (Å²) in [6, 6.07) is 25.4. The Morgan fingerprint density at radius 2 is 1.51 bits per heavy atom.